The van der Waals surface area contributed by atoms with Gasteiger partial charge in [-0.05, 0) is 60.1 Å². The third-order valence-electron chi connectivity index (χ3n) is 3.51. The number of nitrogens with zero attached hydrogens (tertiary/aromatic N) is 1. The largest absolute Gasteiger partial charge is 0.490 e. The average molecular weight is 524 g/mol. The fourth-order valence-corrected chi connectivity index (χ4v) is 3.73. The summed E-state index contributed by atoms with van der Waals surface area (Å²) in [5.74, 6) is 3.66. The van der Waals surface area contributed by atoms with Crippen molar-refractivity contribution in [1.29, 1.82) is 0 Å². The van der Waals surface area contributed by atoms with Crippen LogP contribution in [0.5, 0.6) is 17.2 Å². The summed E-state index contributed by atoms with van der Waals surface area (Å²) in [6.07, 6.45) is 6.75. The lowest BCUT2D eigenvalue weighted by Crippen LogP contribution is -2.18. The van der Waals surface area contributed by atoms with Gasteiger partial charge in [0.05, 0.1) is 23.9 Å². The van der Waals surface area contributed by atoms with Crippen molar-refractivity contribution >= 4 is 44.0 Å². The van der Waals surface area contributed by atoms with Gasteiger partial charge in [-0.25, -0.2) is 5.43 Å². The Hall–Kier alpha value is -2.50. The number of nitrogens with one attached hydrogen (secondary N) is 1. The van der Waals surface area contributed by atoms with E-state index in [0.29, 0.717) is 46.1 Å². The number of halogens is 2. The van der Waals surface area contributed by atoms with Crippen LogP contribution in [0.2, 0.25) is 0 Å². The molecule has 6 nitrogen and oxygen atoms in total. The van der Waals surface area contributed by atoms with Crippen LogP contribution in [0, 0.1) is 12.3 Å². The van der Waals surface area contributed by atoms with Crippen molar-refractivity contribution in [2.24, 2.45) is 5.10 Å². The summed E-state index contributed by atoms with van der Waals surface area (Å²) in [6, 6.07) is 8.60. The highest BCUT2D eigenvalue weighted by atomic mass is 79.9. The van der Waals surface area contributed by atoms with E-state index in [0.717, 1.165) is 4.47 Å². The first-order valence-corrected chi connectivity index (χ1v) is 10.4. The fourth-order valence-electron chi connectivity index (χ4n) is 2.36. The molecule has 2 aromatic carbocycles. The molecule has 8 heteroatoms. The molecule has 2 aromatic rings. The first-order chi connectivity index (χ1) is 14.0. The molecule has 0 radical (unpaired) electrons. The molecule has 2 rings (SSSR count). The van der Waals surface area contributed by atoms with Crippen LogP contribution in [-0.2, 0) is 0 Å². The molecule has 0 bridgehead atoms. The molecule has 29 heavy (non-hydrogen) atoms. The Kier molecular flexibility index (Phi) is 9.03. The van der Waals surface area contributed by atoms with Crippen LogP contribution in [-0.4, -0.2) is 31.9 Å². The molecule has 152 valence electrons. The molecule has 0 saturated carbocycles. The Balaban J connectivity index is 2.17. The number of rotatable bonds is 9. The maximum absolute atomic E-state index is 12.5. The van der Waals surface area contributed by atoms with Crippen LogP contribution in [0.15, 0.2) is 44.4 Å². The zero-order valence-electron chi connectivity index (χ0n) is 16.0. The zero-order chi connectivity index (χ0) is 21.2. The van der Waals surface area contributed by atoms with Gasteiger partial charge in [-0.1, -0.05) is 21.9 Å². The summed E-state index contributed by atoms with van der Waals surface area (Å²) in [5, 5.41) is 4.03. The minimum atomic E-state index is -0.384. The SMILES string of the molecule is C#CCOc1c(Br)cc(Br)cc1/C=N/NC(=O)c1ccc(OCC)c(OCC)c1. The molecule has 0 fully saturated rings. The second-order valence-electron chi connectivity index (χ2n) is 5.53. The molecule has 0 aliphatic heterocycles. The smallest absolute Gasteiger partial charge is 0.271 e. The Morgan fingerprint density at radius 3 is 2.55 bits per heavy atom. The number of hydrazone groups is 1. The topological polar surface area (TPSA) is 69.2 Å². The van der Waals surface area contributed by atoms with Gasteiger partial charge in [0, 0.05) is 15.6 Å². The number of hydrogen-bond donors (Lipinski definition) is 1. The first kappa shape index (κ1) is 22.8. The van der Waals surface area contributed by atoms with Crippen LogP contribution in [0.25, 0.3) is 0 Å². The molecule has 0 saturated heterocycles. The maximum Gasteiger partial charge on any atom is 0.271 e. The fraction of sp³-hybridized carbons (Fsp3) is 0.238. The van der Waals surface area contributed by atoms with Gasteiger partial charge < -0.3 is 14.2 Å². The summed E-state index contributed by atoms with van der Waals surface area (Å²) >= 11 is 6.84. The number of terminal acetylenes is 1. The first-order valence-electron chi connectivity index (χ1n) is 8.78. The summed E-state index contributed by atoms with van der Waals surface area (Å²) in [4.78, 5) is 12.5. The van der Waals surface area contributed by atoms with Crippen molar-refractivity contribution in [3.05, 3.63) is 50.4 Å². The van der Waals surface area contributed by atoms with Crippen molar-refractivity contribution in [2.75, 3.05) is 19.8 Å². The van der Waals surface area contributed by atoms with Crippen molar-refractivity contribution in [2.45, 2.75) is 13.8 Å². The van der Waals surface area contributed by atoms with Gasteiger partial charge in [-0.15, -0.1) is 6.42 Å². The van der Waals surface area contributed by atoms with E-state index in [1.54, 1.807) is 24.3 Å². The highest BCUT2D eigenvalue weighted by Crippen LogP contribution is 2.32. The molecule has 1 N–H and O–H groups in total. The Morgan fingerprint density at radius 2 is 1.86 bits per heavy atom. The lowest BCUT2D eigenvalue weighted by Gasteiger charge is -2.12. The highest BCUT2D eigenvalue weighted by Gasteiger charge is 2.12. The molecule has 0 spiro atoms. The van der Waals surface area contributed by atoms with E-state index >= 15 is 0 Å². The van der Waals surface area contributed by atoms with Gasteiger partial charge >= 0.3 is 0 Å². The van der Waals surface area contributed by atoms with Gasteiger partial charge in [0.15, 0.2) is 11.5 Å². The highest BCUT2D eigenvalue weighted by molar-refractivity contribution is 9.11. The number of ether oxygens (including phenoxy) is 3. The van der Waals surface area contributed by atoms with E-state index in [1.165, 1.54) is 6.21 Å². The van der Waals surface area contributed by atoms with Crippen molar-refractivity contribution in [3.8, 4) is 29.6 Å². The Bertz CT molecular complexity index is 939. The number of benzene rings is 2. The van der Waals surface area contributed by atoms with Gasteiger partial charge in [-0.3, -0.25) is 4.79 Å². The lowest BCUT2D eigenvalue weighted by atomic mass is 10.2. The van der Waals surface area contributed by atoms with E-state index in [2.05, 4.69) is 48.3 Å². The zero-order valence-corrected chi connectivity index (χ0v) is 19.2. The van der Waals surface area contributed by atoms with E-state index in [1.807, 2.05) is 19.9 Å². The molecule has 0 aliphatic rings. The molecule has 0 aromatic heterocycles. The van der Waals surface area contributed by atoms with Gasteiger partial charge in [0.2, 0.25) is 0 Å². The van der Waals surface area contributed by atoms with Gasteiger partial charge in [0.25, 0.3) is 5.91 Å². The van der Waals surface area contributed by atoms with Gasteiger partial charge in [-0.2, -0.15) is 5.10 Å². The molecule has 0 aliphatic carbocycles. The molecular weight excluding hydrogens is 504 g/mol. The molecule has 0 atom stereocenters. The summed E-state index contributed by atoms with van der Waals surface area (Å²) in [5.41, 5.74) is 3.54. The molecule has 1 amide bonds. The number of amides is 1. The minimum Gasteiger partial charge on any atom is -0.490 e. The summed E-state index contributed by atoms with van der Waals surface area (Å²) in [6.45, 7) is 4.82. The summed E-state index contributed by atoms with van der Waals surface area (Å²) < 4.78 is 18.1. The maximum atomic E-state index is 12.5. The van der Waals surface area contributed by atoms with E-state index in [9.17, 15) is 4.79 Å². The second kappa shape index (κ2) is 11.5. The second-order valence-corrected chi connectivity index (χ2v) is 7.30. The van der Waals surface area contributed by atoms with Crippen molar-refractivity contribution in [3.63, 3.8) is 0 Å². The van der Waals surface area contributed by atoms with E-state index < -0.39 is 0 Å². The molecule has 0 unspecified atom stereocenters. The lowest BCUT2D eigenvalue weighted by molar-refractivity contribution is 0.0954. The van der Waals surface area contributed by atoms with Crippen LogP contribution < -0.4 is 19.6 Å². The average Bonchev–Trinajstić information content (AvgIpc) is 2.69. The normalized spacial score (nSPS) is 10.4. The standard InChI is InChI=1S/C21H20Br2N2O4/c1-4-9-29-20-15(10-16(22)12-17(20)23)13-24-25-21(26)14-7-8-18(27-5-2)19(11-14)28-6-3/h1,7-8,10-13H,5-6,9H2,2-3H3,(H,25,26)/b24-13+. The van der Waals surface area contributed by atoms with Crippen LogP contribution in [0.3, 0.4) is 0 Å². The van der Waals surface area contributed by atoms with Crippen LogP contribution >= 0.6 is 31.9 Å². The summed E-state index contributed by atoms with van der Waals surface area (Å²) in [7, 11) is 0. The molecular formula is C21H20Br2N2O4. The Labute approximate surface area is 186 Å². The Morgan fingerprint density at radius 1 is 1.14 bits per heavy atom. The third-order valence-corrected chi connectivity index (χ3v) is 4.56. The quantitative estimate of drug-likeness (QED) is 0.291. The van der Waals surface area contributed by atoms with Crippen LogP contribution in [0.4, 0.5) is 0 Å². The van der Waals surface area contributed by atoms with E-state index in [4.69, 9.17) is 20.6 Å². The van der Waals surface area contributed by atoms with Gasteiger partial charge in [0.1, 0.15) is 12.4 Å². The van der Waals surface area contributed by atoms with Crippen molar-refractivity contribution in [1.82, 2.24) is 5.43 Å². The molecule has 0 heterocycles. The minimum absolute atomic E-state index is 0.111. The van der Waals surface area contributed by atoms with E-state index in [-0.39, 0.29) is 12.5 Å². The monoisotopic (exact) mass is 522 g/mol. The predicted octanol–water partition coefficient (Wildman–Crippen LogP) is 4.78. The number of carbonyl (C=O) groups excluding carboxylic acids is 1. The predicted molar refractivity (Wildman–Crippen MR) is 120 cm³/mol. The van der Waals surface area contributed by atoms with Crippen LogP contribution in [0.1, 0.15) is 29.8 Å². The number of hydrogen-bond acceptors (Lipinski definition) is 5. The van der Waals surface area contributed by atoms with Crippen molar-refractivity contribution < 1.29 is 19.0 Å². The number of carbonyl (C=O) groups is 1. The third kappa shape index (κ3) is 6.51.